The molecule has 1 N–H and O–H groups in total. The quantitative estimate of drug-likeness (QED) is 0.782. The van der Waals surface area contributed by atoms with Crippen LogP contribution in [0.5, 0.6) is 0 Å². The van der Waals surface area contributed by atoms with Crippen LogP contribution in [0.3, 0.4) is 0 Å². The van der Waals surface area contributed by atoms with Crippen LogP contribution in [0.4, 0.5) is 10.1 Å². The van der Waals surface area contributed by atoms with Crippen molar-refractivity contribution in [3.8, 4) is 0 Å². The zero-order valence-electron chi connectivity index (χ0n) is 11.9. The Morgan fingerprint density at radius 1 is 1.04 bits per heavy atom. The molecule has 3 heterocycles. The highest BCUT2D eigenvalue weighted by molar-refractivity contribution is 7.12. The van der Waals surface area contributed by atoms with Crippen LogP contribution in [0, 0.1) is 5.82 Å². The highest BCUT2D eigenvalue weighted by Crippen LogP contribution is 2.27. The molecule has 0 atom stereocenters. The Hall–Kier alpha value is -2.86. The van der Waals surface area contributed by atoms with Crippen LogP contribution >= 0.6 is 11.3 Å². The fraction of sp³-hybridized carbons (Fsp3) is 0. The molecule has 0 unspecified atom stereocenters. The molecule has 6 heteroatoms. The van der Waals surface area contributed by atoms with Gasteiger partial charge < -0.3 is 0 Å². The molecule has 0 saturated heterocycles. The van der Waals surface area contributed by atoms with Crippen LogP contribution in [-0.2, 0) is 0 Å². The predicted octanol–water partition coefficient (Wildman–Crippen LogP) is 3.72. The lowest BCUT2D eigenvalue weighted by molar-refractivity contribution is 0.627. The number of nitrogens with one attached hydrogen (secondary N) is 1. The smallest absolute Gasteiger partial charge is 0.164 e. The minimum Gasteiger partial charge on any atom is -0.265 e. The highest BCUT2D eigenvalue weighted by Gasteiger charge is 2.18. The average molecular weight is 322 g/mol. The molecule has 4 rings (SSSR count). The molecule has 2 aromatic heterocycles. The summed E-state index contributed by atoms with van der Waals surface area (Å²) < 4.78 is 13.8. The summed E-state index contributed by atoms with van der Waals surface area (Å²) in [7, 11) is 0. The Balaban J connectivity index is 1.90. The summed E-state index contributed by atoms with van der Waals surface area (Å²) in [6, 6.07) is 12.1. The topological polar surface area (TPSA) is 49.6 Å². The van der Waals surface area contributed by atoms with Crippen LogP contribution < -0.4 is 5.43 Å². The Labute approximate surface area is 136 Å². The zero-order chi connectivity index (χ0) is 15.6. The molecule has 1 aliphatic heterocycles. The molecular weight excluding hydrogens is 311 g/mol. The summed E-state index contributed by atoms with van der Waals surface area (Å²) >= 11 is 1.57. The van der Waals surface area contributed by atoms with Gasteiger partial charge in [0.25, 0.3) is 0 Å². The van der Waals surface area contributed by atoms with Gasteiger partial charge in [0.2, 0.25) is 0 Å². The first-order chi connectivity index (χ1) is 11.3. The predicted molar refractivity (Wildman–Crippen MR) is 89.9 cm³/mol. The molecule has 0 fully saturated rings. The number of hydrogen-bond acceptors (Lipinski definition) is 5. The van der Waals surface area contributed by atoms with Crippen molar-refractivity contribution >= 4 is 28.6 Å². The SMILES string of the molecule is Fc1ccc2c(c1)C(c1ccncc1)=NNC(c1cccs1)=N2. The number of amidine groups is 1. The normalized spacial score (nSPS) is 13.4. The number of aliphatic imine (C=N–C) groups is 1. The number of nitrogens with zero attached hydrogens (tertiary/aromatic N) is 3. The van der Waals surface area contributed by atoms with Crippen molar-refractivity contribution in [1.82, 2.24) is 10.4 Å². The molecule has 0 bridgehead atoms. The highest BCUT2D eigenvalue weighted by atomic mass is 32.1. The molecule has 1 aromatic carbocycles. The van der Waals surface area contributed by atoms with Gasteiger partial charge in [-0.1, -0.05) is 6.07 Å². The second-order valence-electron chi connectivity index (χ2n) is 4.91. The standard InChI is InChI=1S/C17H11FN4S/c18-12-3-4-14-13(10-12)16(11-5-7-19-8-6-11)21-22-17(20-14)15-2-1-9-23-15/h1-10H,(H,20,22). The number of benzene rings is 1. The molecule has 1 aliphatic rings. The summed E-state index contributed by atoms with van der Waals surface area (Å²) in [4.78, 5) is 9.61. The number of thiophene rings is 1. The van der Waals surface area contributed by atoms with E-state index in [0.717, 1.165) is 10.4 Å². The van der Waals surface area contributed by atoms with Crippen molar-refractivity contribution in [3.63, 3.8) is 0 Å². The average Bonchev–Trinajstić information content (AvgIpc) is 3.05. The van der Waals surface area contributed by atoms with E-state index >= 15 is 0 Å². The van der Waals surface area contributed by atoms with Crippen molar-refractivity contribution < 1.29 is 4.39 Å². The molecule has 4 nitrogen and oxygen atoms in total. The molecule has 0 radical (unpaired) electrons. The van der Waals surface area contributed by atoms with Crippen molar-refractivity contribution in [2.24, 2.45) is 10.1 Å². The third-order valence-corrected chi connectivity index (χ3v) is 4.30. The summed E-state index contributed by atoms with van der Waals surface area (Å²) in [6.45, 7) is 0. The molecule has 3 aromatic rings. The number of aromatic nitrogens is 1. The maximum Gasteiger partial charge on any atom is 0.164 e. The van der Waals surface area contributed by atoms with Gasteiger partial charge in [0.1, 0.15) is 11.5 Å². The van der Waals surface area contributed by atoms with E-state index < -0.39 is 0 Å². The number of pyridine rings is 1. The zero-order valence-corrected chi connectivity index (χ0v) is 12.7. The molecule has 0 saturated carbocycles. The van der Waals surface area contributed by atoms with E-state index in [1.54, 1.807) is 29.8 Å². The number of hydrazone groups is 1. The number of fused-ring (bicyclic) bond motifs is 1. The summed E-state index contributed by atoms with van der Waals surface area (Å²) in [6.07, 6.45) is 3.37. The van der Waals surface area contributed by atoms with Crippen LogP contribution in [0.25, 0.3) is 0 Å². The van der Waals surface area contributed by atoms with Gasteiger partial charge in [-0.2, -0.15) is 5.10 Å². The summed E-state index contributed by atoms with van der Waals surface area (Å²) in [5.74, 6) is 0.331. The van der Waals surface area contributed by atoms with Gasteiger partial charge in [0.05, 0.1) is 10.6 Å². The Bertz CT molecular complexity index is 902. The largest absolute Gasteiger partial charge is 0.265 e. The third kappa shape index (κ3) is 2.64. The van der Waals surface area contributed by atoms with Gasteiger partial charge in [0.15, 0.2) is 5.84 Å². The van der Waals surface area contributed by atoms with E-state index in [2.05, 4.69) is 20.5 Å². The summed E-state index contributed by atoms with van der Waals surface area (Å²) in [5, 5.41) is 6.44. The van der Waals surface area contributed by atoms with Crippen molar-refractivity contribution in [2.75, 3.05) is 0 Å². The molecule has 0 spiro atoms. The molecule has 0 amide bonds. The molecule has 112 valence electrons. The fourth-order valence-corrected chi connectivity index (χ4v) is 3.03. The Kier molecular flexibility index (Phi) is 3.44. The second-order valence-corrected chi connectivity index (χ2v) is 5.85. The van der Waals surface area contributed by atoms with Gasteiger partial charge in [-0.15, -0.1) is 11.3 Å². The van der Waals surface area contributed by atoms with E-state index in [0.29, 0.717) is 22.8 Å². The monoisotopic (exact) mass is 322 g/mol. The molecule has 0 aliphatic carbocycles. The van der Waals surface area contributed by atoms with Crippen molar-refractivity contribution in [2.45, 2.75) is 0 Å². The Morgan fingerprint density at radius 2 is 1.91 bits per heavy atom. The van der Waals surface area contributed by atoms with E-state index in [-0.39, 0.29) is 5.82 Å². The fourth-order valence-electron chi connectivity index (χ4n) is 2.36. The Morgan fingerprint density at radius 3 is 2.70 bits per heavy atom. The maximum atomic E-state index is 13.8. The van der Waals surface area contributed by atoms with Gasteiger partial charge >= 0.3 is 0 Å². The lowest BCUT2D eigenvalue weighted by Crippen LogP contribution is -2.18. The van der Waals surface area contributed by atoms with E-state index in [1.807, 2.05) is 29.6 Å². The van der Waals surface area contributed by atoms with E-state index in [4.69, 9.17) is 0 Å². The van der Waals surface area contributed by atoms with Crippen LogP contribution in [0.15, 0.2) is 70.3 Å². The molecular formula is C17H11FN4S. The number of rotatable bonds is 2. The van der Waals surface area contributed by atoms with Crippen LogP contribution in [0.2, 0.25) is 0 Å². The first kappa shape index (κ1) is 13.8. The minimum atomic E-state index is -0.319. The minimum absolute atomic E-state index is 0.319. The lowest BCUT2D eigenvalue weighted by Gasteiger charge is -2.07. The number of hydrogen-bond donors (Lipinski definition) is 1. The van der Waals surface area contributed by atoms with Crippen LogP contribution in [0.1, 0.15) is 16.0 Å². The lowest BCUT2D eigenvalue weighted by atomic mass is 10.0. The maximum absolute atomic E-state index is 13.8. The van der Waals surface area contributed by atoms with Gasteiger partial charge in [0, 0.05) is 23.5 Å². The van der Waals surface area contributed by atoms with Crippen molar-refractivity contribution in [3.05, 3.63) is 82.1 Å². The molecule has 23 heavy (non-hydrogen) atoms. The van der Waals surface area contributed by atoms with E-state index in [9.17, 15) is 4.39 Å². The van der Waals surface area contributed by atoms with Gasteiger partial charge in [-0.25, -0.2) is 9.38 Å². The summed E-state index contributed by atoms with van der Waals surface area (Å²) in [5.41, 5.74) is 5.81. The van der Waals surface area contributed by atoms with E-state index in [1.165, 1.54) is 12.1 Å². The first-order valence-electron chi connectivity index (χ1n) is 6.98. The second kappa shape index (κ2) is 5.73. The third-order valence-electron chi connectivity index (χ3n) is 3.43. The van der Waals surface area contributed by atoms with Gasteiger partial charge in [-0.05, 0) is 41.8 Å². The first-order valence-corrected chi connectivity index (χ1v) is 7.86. The van der Waals surface area contributed by atoms with Gasteiger partial charge in [-0.3, -0.25) is 10.4 Å². The number of halogens is 1. The van der Waals surface area contributed by atoms with Crippen LogP contribution in [-0.4, -0.2) is 16.5 Å². The van der Waals surface area contributed by atoms with Crippen molar-refractivity contribution in [1.29, 1.82) is 0 Å².